The fourth-order valence-electron chi connectivity index (χ4n) is 4.49. The summed E-state index contributed by atoms with van der Waals surface area (Å²) in [6, 6.07) is 17.9. The summed E-state index contributed by atoms with van der Waals surface area (Å²) in [6.07, 6.45) is -1.05. The summed E-state index contributed by atoms with van der Waals surface area (Å²) in [5, 5.41) is 15.9. The molecule has 3 atom stereocenters. The zero-order chi connectivity index (χ0) is 30.3. The van der Waals surface area contributed by atoms with Gasteiger partial charge < -0.3 is 19.3 Å². The molecule has 0 spiro atoms. The third kappa shape index (κ3) is 6.55. The van der Waals surface area contributed by atoms with E-state index >= 15 is 0 Å². The zero-order valence-corrected chi connectivity index (χ0v) is 23.3. The highest BCUT2D eigenvalue weighted by molar-refractivity contribution is 5.98. The number of ether oxygens (including phenoxy) is 3. The van der Waals surface area contributed by atoms with Crippen molar-refractivity contribution in [3.05, 3.63) is 77.4 Å². The number of para-hydroxylation sites is 2. The Balaban J connectivity index is 1.52. The number of carbonyl (C=O) groups excluding carboxylic acids is 2. The van der Waals surface area contributed by atoms with Crippen LogP contribution in [0.5, 0.6) is 5.88 Å². The molecular weight excluding hydrogens is 558 g/mol. The number of nitrogens with one attached hydrogen (secondary N) is 1. The lowest BCUT2D eigenvalue weighted by Crippen LogP contribution is -2.29. The van der Waals surface area contributed by atoms with E-state index in [4.69, 9.17) is 19.7 Å². The summed E-state index contributed by atoms with van der Waals surface area (Å²) >= 11 is 0. The van der Waals surface area contributed by atoms with E-state index in [1.54, 1.807) is 66.9 Å². The minimum atomic E-state index is -0.767. The van der Waals surface area contributed by atoms with Crippen molar-refractivity contribution < 1.29 is 28.9 Å². The standard InChI is InChI=1S/C28H29N9O6/c1-17(2)25(39)33-27-32-24-23(30-15-36(24)22-13-20(21(14-38)42-22)41-16-31-35-29)26(34-27)43-28(40)37(18-9-5-3-6-10-18)19-11-7-4-8-12-19/h3-12,15,17,20-22,38H,13-14,16H2,1-2H3,(H,32,33,34,39)/t20-,21+,22+/m0/s1. The molecule has 15 nitrogen and oxygen atoms in total. The van der Waals surface area contributed by atoms with Crippen LogP contribution in [-0.4, -0.2) is 62.2 Å². The van der Waals surface area contributed by atoms with E-state index in [9.17, 15) is 14.7 Å². The first-order valence-corrected chi connectivity index (χ1v) is 13.5. The van der Waals surface area contributed by atoms with Crippen LogP contribution in [0.25, 0.3) is 21.6 Å². The van der Waals surface area contributed by atoms with Crippen molar-refractivity contribution in [3.63, 3.8) is 0 Å². The van der Waals surface area contributed by atoms with Gasteiger partial charge in [-0.3, -0.25) is 14.7 Å². The first kappa shape index (κ1) is 29.4. The van der Waals surface area contributed by atoms with Crippen LogP contribution in [0.4, 0.5) is 22.1 Å². The molecule has 1 saturated heterocycles. The maximum atomic E-state index is 13.7. The van der Waals surface area contributed by atoms with E-state index in [1.165, 1.54) is 11.2 Å². The van der Waals surface area contributed by atoms with Crippen LogP contribution in [0.3, 0.4) is 0 Å². The van der Waals surface area contributed by atoms with Crippen molar-refractivity contribution in [1.82, 2.24) is 19.5 Å². The largest absolute Gasteiger partial charge is 0.425 e. The maximum absolute atomic E-state index is 13.7. The molecule has 5 rings (SSSR count). The van der Waals surface area contributed by atoms with Crippen molar-refractivity contribution >= 4 is 40.5 Å². The molecule has 2 N–H and O–H groups in total. The number of hydrogen-bond donors (Lipinski definition) is 2. The zero-order valence-electron chi connectivity index (χ0n) is 23.3. The number of aliphatic hydroxyl groups is 1. The molecule has 2 amide bonds. The van der Waals surface area contributed by atoms with Gasteiger partial charge in [-0.05, 0) is 29.8 Å². The van der Waals surface area contributed by atoms with Gasteiger partial charge in [-0.25, -0.2) is 14.7 Å². The summed E-state index contributed by atoms with van der Waals surface area (Å²) in [7, 11) is 0. The van der Waals surface area contributed by atoms with E-state index in [0.29, 0.717) is 11.4 Å². The first-order chi connectivity index (χ1) is 20.9. The molecule has 43 heavy (non-hydrogen) atoms. The van der Waals surface area contributed by atoms with E-state index in [2.05, 4.69) is 30.3 Å². The summed E-state index contributed by atoms with van der Waals surface area (Å²) in [5.41, 5.74) is 10.0. The lowest BCUT2D eigenvalue weighted by Gasteiger charge is -2.22. The summed E-state index contributed by atoms with van der Waals surface area (Å²) < 4.78 is 19.0. The highest BCUT2D eigenvalue weighted by Gasteiger charge is 2.38. The fourth-order valence-corrected chi connectivity index (χ4v) is 4.49. The van der Waals surface area contributed by atoms with Crippen LogP contribution in [-0.2, 0) is 14.3 Å². The first-order valence-electron chi connectivity index (χ1n) is 13.5. The van der Waals surface area contributed by atoms with Gasteiger partial charge in [-0.15, -0.1) is 0 Å². The Labute approximate surface area is 245 Å². The molecule has 0 aliphatic carbocycles. The Kier molecular flexibility index (Phi) is 9.08. The van der Waals surface area contributed by atoms with Crippen molar-refractivity contribution in [2.45, 2.75) is 38.7 Å². The molecule has 0 unspecified atom stereocenters. The highest BCUT2D eigenvalue weighted by atomic mass is 16.6. The minimum Gasteiger partial charge on any atom is -0.394 e. The van der Waals surface area contributed by atoms with Gasteiger partial charge in [0.25, 0.3) is 5.88 Å². The second-order valence-corrected chi connectivity index (χ2v) is 9.81. The average Bonchev–Trinajstić information content (AvgIpc) is 3.62. The molecule has 4 aromatic rings. The van der Waals surface area contributed by atoms with Crippen LogP contribution >= 0.6 is 0 Å². The Bertz CT molecular complexity index is 1590. The Morgan fingerprint density at radius 3 is 2.44 bits per heavy atom. The molecule has 1 aliphatic heterocycles. The molecule has 2 aromatic heterocycles. The molecule has 1 aliphatic rings. The lowest BCUT2D eigenvalue weighted by molar-refractivity contribution is -0.118. The van der Waals surface area contributed by atoms with Crippen molar-refractivity contribution in [2.24, 2.45) is 11.0 Å². The highest BCUT2D eigenvalue weighted by Crippen LogP contribution is 2.35. The Hall–Kier alpha value is -5.08. The molecular formula is C28H29N9O6. The summed E-state index contributed by atoms with van der Waals surface area (Å²) in [6.45, 7) is 2.86. The quantitative estimate of drug-likeness (QED) is 0.151. The van der Waals surface area contributed by atoms with Crippen LogP contribution in [0.1, 0.15) is 26.5 Å². The number of hydrogen-bond acceptors (Lipinski definition) is 10. The van der Waals surface area contributed by atoms with E-state index in [-0.39, 0.29) is 54.6 Å². The number of fused-ring (bicyclic) bond motifs is 1. The number of amides is 2. The number of rotatable bonds is 10. The van der Waals surface area contributed by atoms with Crippen LogP contribution in [0, 0.1) is 5.92 Å². The molecule has 0 saturated carbocycles. The van der Waals surface area contributed by atoms with Gasteiger partial charge in [0.05, 0.1) is 30.4 Å². The number of azide groups is 1. The summed E-state index contributed by atoms with van der Waals surface area (Å²) in [4.78, 5) is 43.6. The molecule has 15 heteroatoms. The van der Waals surface area contributed by atoms with Gasteiger partial charge in [0.2, 0.25) is 11.9 Å². The van der Waals surface area contributed by atoms with Gasteiger partial charge in [0, 0.05) is 17.3 Å². The van der Waals surface area contributed by atoms with Crippen molar-refractivity contribution in [1.29, 1.82) is 0 Å². The van der Waals surface area contributed by atoms with Gasteiger partial charge in [0.15, 0.2) is 11.2 Å². The normalized spacial score (nSPS) is 17.9. The number of aliphatic hydroxyl groups excluding tert-OH is 1. The van der Waals surface area contributed by atoms with Crippen molar-refractivity contribution in [3.8, 4) is 5.88 Å². The third-order valence-electron chi connectivity index (χ3n) is 6.62. The molecule has 222 valence electrons. The van der Waals surface area contributed by atoms with Crippen LogP contribution in [0.15, 0.2) is 72.1 Å². The molecule has 0 radical (unpaired) electrons. The number of imidazole rings is 1. The van der Waals surface area contributed by atoms with Crippen LogP contribution < -0.4 is 15.0 Å². The second-order valence-electron chi connectivity index (χ2n) is 9.81. The van der Waals surface area contributed by atoms with Crippen molar-refractivity contribution in [2.75, 3.05) is 23.6 Å². The fraction of sp³-hybridized carbons (Fsp3) is 0.321. The molecule has 1 fully saturated rings. The number of anilines is 3. The van der Waals surface area contributed by atoms with E-state index in [1.807, 2.05) is 12.1 Å². The van der Waals surface area contributed by atoms with E-state index < -0.39 is 24.5 Å². The molecule has 3 heterocycles. The van der Waals surface area contributed by atoms with Crippen LogP contribution in [0.2, 0.25) is 0 Å². The predicted octanol–water partition coefficient (Wildman–Crippen LogP) is 4.69. The van der Waals surface area contributed by atoms with E-state index in [0.717, 1.165) is 0 Å². The third-order valence-corrected chi connectivity index (χ3v) is 6.62. The van der Waals surface area contributed by atoms with Gasteiger partial charge in [-0.1, -0.05) is 55.4 Å². The van der Waals surface area contributed by atoms with Gasteiger partial charge >= 0.3 is 6.09 Å². The number of benzene rings is 2. The Morgan fingerprint density at radius 2 is 1.84 bits per heavy atom. The number of carbonyl (C=O) groups is 2. The minimum absolute atomic E-state index is 0.102. The predicted molar refractivity (Wildman–Crippen MR) is 154 cm³/mol. The lowest BCUT2D eigenvalue weighted by atomic mass is 10.2. The summed E-state index contributed by atoms with van der Waals surface area (Å²) in [5.74, 6) is -1.01. The Morgan fingerprint density at radius 1 is 1.16 bits per heavy atom. The molecule has 2 aromatic carbocycles. The SMILES string of the molecule is CC(C)C(=O)Nc1nc(OC(=O)N(c2ccccc2)c2ccccc2)c2ncn([C@H]3C[C@H](OCN=[N+]=[N-])[C@@H](CO)O3)c2n1. The smallest absolute Gasteiger partial charge is 0.394 e. The molecule has 0 bridgehead atoms. The monoisotopic (exact) mass is 587 g/mol. The average molecular weight is 588 g/mol. The van der Waals surface area contributed by atoms with Gasteiger partial charge in [0.1, 0.15) is 19.1 Å². The topological polar surface area (TPSA) is 190 Å². The second kappa shape index (κ2) is 13.3. The number of aromatic nitrogens is 4. The maximum Gasteiger partial charge on any atom is 0.425 e. The van der Waals surface area contributed by atoms with Gasteiger partial charge in [-0.2, -0.15) is 9.97 Å². The number of nitrogens with zero attached hydrogens (tertiary/aromatic N) is 8.